The molecule has 29 heavy (non-hydrogen) atoms. The van der Waals surface area contributed by atoms with E-state index in [0.29, 0.717) is 24.2 Å². The molecule has 5 rings (SSSR count). The molecule has 5 unspecified atom stereocenters. The van der Waals surface area contributed by atoms with Crippen LogP contribution < -0.4 is 0 Å². The summed E-state index contributed by atoms with van der Waals surface area (Å²) in [6, 6.07) is 0. The number of esters is 2. The first-order chi connectivity index (χ1) is 13.9. The van der Waals surface area contributed by atoms with E-state index in [0.717, 1.165) is 51.4 Å². The normalized spacial score (nSPS) is 41.6. The zero-order valence-corrected chi connectivity index (χ0v) is 18.0. The maximum Gasteiger partial charge on any atom is 0.335 e. The van der Waals surface area contributed by atoms with Gasteiger partial charge in [-0.05, 0) is 82.5 Å². The van der Waals surface area contributed by atoms with Crippen LogP contribution in [0, 0.1) is 17.8 Å². The van der Waals surface area contributed by atoms with Gasteiger partial charge in [-0.15, -0.1) is 0 Å². The van der Waals surface area contributed by atoms with E-state index in [1.54, 1.807) is 0 Å². The van der Waals surface area contributed by atoms with Crippen LogP contribution in [0.4, 0.5) is 0 Å². The predicted octanol–water partition coefficient (Wildman–Crippen LogP) is 4.72. The molecular formula is C24H36O5. The Hall–Kier alpha value is -1.36. The minimum atomic E-state index is -0.585. The average Bonchev–Trinajstić information content (AvgIpc) is 2.66. The molecule has 5 aliphatic carbocycles. The predicted molar refractivity (Wildman–Crippen MR) is 109 cm³/mol. The summed E-state index contributed by atoms with van der Waals surface area (Å²) in [5.74, 6) is 0.890. The van der Waals surface area contributed by atoms with Crippen LogP contribution in [0.3, 0.4) is 0 Å². The van der Waals surface area contributed by atoms with Gasteiger partial charge in [-0.1, -0.05) is 19.9 Å². The first-order valence-corrected chi connectivity index (χ1v) is 11.6. The van der Waals surface area contributed by atoms with Crippen molar-refractivity contribution in [1.29, 1.82) is 0 Å². The molecule has 0 aromatic heterocycles. The summed E-state index contributed by atoms with van der Waals surface area (Å²) in [6.07, 6.45) is 11.8. The van der Waals surface area contributed by atoms with E-state index >= 15 is 0 Å². The van der Waals surface area contributed by atoms with Gasteiger partial charge in [0.2, 0.25) is 0 Å². The van der Waals surface area contributed by atoms with Crippen molar-refractivity contribution in [3.63, 3.8) is 0 Å². The molecule has 0 aromatic carbocycles. The third kappa shape index (κ3) is 4.26. The molecule has 5 saturated carbocycles. The van der Waals surface area contributed by atoms with Gasteiger partial charge in [-0.25, -0.2) is 9.59 Å². The molecule has 0 radical (unpaired) electrons. The van der Waals surface area contributed by atoms with Crippen molar-refractivity contribution in [2.75, 3.05) is 0 Å². The van der Waals surface area contributed by atoms with Crippen LogP contribution in [0.1, 0.15) is 84.5 Å². The minimum Gasteiger partial charge on any atom is -0.460 e. The lowest BCUT2D eigenvalue weighted by molar-refractivity contribution is -0.245. The Morgan fingerprint density at radius 3 is 2.41 bits per heavy atom. The summed E-state index contributed by atoms with van der Waals surface area (Å²) >= 11 is 0. The van der Waals surface area contributed by atoms with E-state index in [-0.39, 0.29) is 23.6 Å². The topological polar surface area (TPSA) is 61.8 Å². The van der Waals surface area contributed by atoms with Crippen LogP contribution in [-0.2, 0) is 23.8 Å². The molecule has 5 fully saturated rings. The Labute approximate surface area is 174 Å². The van der Waals surface area contributed by atoms with Gasteiger partial charge in [-0.3, -0.25) is 0 Å². The second-order valence-electron chi connectivity index (χ2n) is 10.1. The molecule has 4 bridgehead atoms. The number of hydrogen-bond acceptors (Lipinski definition) is 5. The lowest BCUT2D eigenvalue weighted by Crippen LogP contribution is -2.62. The molecule has 0 heterocycles. The molecular weight excluding hydrogens is 368 g/mol. The van der Waals surface area contributed by atoms with Crippen LogP contribution in [0.2, 0.25) is 0 Å². The van der Waals surface area contributed by atoms with E-state index in [2.05, 4.69) is 13.5 Å². The van der Waals surface area contributed by atoms with Crippen molar-refractivity contribution in [2.24, 2.45) is 17.8 Å². The highest BCUT2D eigenvalue weighted by atomic mass is 16.6. The second-order valence-corrected chi connectivity index (χ2v) is 10.1. The van der Waals surface area contributed by atoms with E-state index < -0.39 is 11.7 Å². The maximum absolute atomic E-state index is 12.9. The van der Waals surface area contributed by atoms with Crippen molar-refractivity contribution in [3.05, 3.63) is 12.7 Å². The van der Waals surface area contributed by atoms with Crippen molar-refractivity contribution in [2.45, 2.75) is 108 Å². The van der Waals surface area contributed by atoms with Crippen molar-refractivity contribution in [1.82, 2.24) is 0 Å². The second kappa shape index (κ2) is 8.05. The van der Waals surface area contributed by atoms with Crippen LogP contribution in [0.5, 0.6) is 0 Å². The van der Waals surface area contributed by atoms with Gasteiger partial charge in [0.15, 0.2) is 6.10 Å². The summed E-state index contributed by atoms with van der Waals surface area (Å²) in [7, 11) is 0. The Morgan fingerprint density at radius 1 is 1.10 bits per heavy atom. The molecule has 5 aliphatic rings. The number of carbonyl (C=O) groups is 2. The van der Waals surface area contributed by atoms with Gasteiger partial charge < -0.3 is 14.2 Å². The molecule has 5 heteroatoms. The molecule has 5 atom stereocenters. The van der Waals surface area contributed by atoms with Gasteiger partial charge in [0.05, 0.1) is 5.60 Å². The van der Waals surface area contributed by atoms with Crippen molar-refractivity contribution < 1.29 is 23.8 Å². The van der Waals surface area contributed by atoms with Crippen LogP contribution >= 0.6 is 0 Å². The number of ether oxygens (including phenoxy) is 3. The molecule has 0 N–H and O–H groups in total. The lowest BCUT2D eigenvalue weighted by atomic mass is 9.52. The summed E-state index contributed by atoms with van der Waals surface area (Å²) < 4.78 is 18.3. The quantitative estimate of drug-likeness (QED) is 0.454. The lowest BCUT2D eigenvalue weighted by Gasteiger charge is -2.60. The molecule has 0 saturated heterocycles. The summed E-state index contributed by atoms with van der Waals surface area (Å²) in [5, 5.41) is 0. The van der Waals surface area contributed by atoms with E-state index in [1.165, 1.54) is 18.9 Å². The molecule has 0 aliphatic heterocycles. The van der Waals surface area contributed by atoms with Crippen molar-refractivity contribution >= 4 is 11.9 Å². The highest BCUT2D eigenvalue weighted by molar-refractivity contribution is 5.81. The highest BCUT2D eigenvalue weighted by Gasteiger charge is 2.61. The average molecular weight is 405 g/mol. The number of hydrogen-bond donors (Lipinski definition) is 0. The fraction of sp³-hybridized carbons (Fsp3) is 0.833. The fourth-order valence-electron chi connectivity index (χ4n) is 7.07. The molecule has 0 amide bonds. The van der Waals surface area contributed by atoms with Gasteiger partial charge >= 0.3 is 11.9 Å². The molecule has 5 nitrogen and oxygen atoms in total. The van der Waals surface area contributed by atoms with Gasteiger partial charge in [0.1, 0.15) is 11.7 Å². The largest absolute Gasteiger partial charge is 0.460 e. The highest BCUT2D eigenvalue weighted by Crippen LogP contribution is 2.60. The Balaban J connectivity index is 1.42. The van der Waals surface area contributed by atoms with E-state index in [4.69, 9.17) is 14.2 Å². The third-order valence-corrected chi connectivity index (χ3v) is 7.83. The van der Waals surface area contributed by atoms with Crippen LogP contribution in [0.15, 0.2) is 12.7 Å². The standard InChI is InChI=1S/C24H36O5/c1-4-19-8-6-7-9-20(19)27-22(26)16(3)28-23-11-17-10-18(12-23)14-24(13-17,15-23)29-21(25)5-2/h5,16-20H,2,4,6-15H2,1,3H3. The van der Waals surface area contributed by atoms with Crippen LogP contribution in [0.25, 0.3) is 0 Å². The monoisotopic (exact) mass is 404 g/mol. The molecule has 162 valence electrons. The number of carbonyl (C=O) groups excluding carboxylic acids is 2. The fourth-order valence-corrected chi connectivity index (χ4v) is 7.07. The number of rotatable bonds is 7. The molecule has 0 aromatic rings. The van der Waals surface area contributed by atoms with Crippen LogP contribution in [-0.4, -0.2) is 35.3 Å². The van der Waals surface area contributed by atoms with Crippen molar-refractivity contribution in [3.8, 4) is 0 Å². The molecule has 0 spiro atoms. The van der Waals surface area contributed by atoms with E-state index in [9.17, 15) is 9.59 Å². The Kier molecular flexibility index (Phi) is 5.80. The summed E-state index contributed by atoms with van der Waals surface area (Å²) in [5.41, 5.74) is -0.823. The summed E-state index contributed by atoms with van der Waals surface area (Å²) in [4.78, 5) is 24.8. The third-order valence-electron chi connectivity index (χ3n) is 7.83. The Morgan fingerprint density at radius 2 is 1.76 bits per heavy atom. The van der Waals surface area contributed by atoms with Gasteiger partial charge in [0.25, 0.3) is 0 Å². The van der Waals surface area contributed by atoms with Gasteiger partial charge in [0, 0.05) is 12.5 Å². The smallest absolute Gasteiger partial charge is 0.335 e. The maximum atomic E-state index is 12.9. The first kappa shape index (κ1) is 20.9. The minimum absolute atomic E-state index is 0.0311. The Bertz CT molecular complexity index is 642. The van der Waals surface area contributed by atoms with Gasteiger partial charge in [-0.2, -0.15) is 0 Å². The van der Waals surface area contributed by atoms with E-state index in [1.807, 2.05) is 6.92 Å². The SMILES string of the molecule is C=CC(=O)OC12CC3CC(C1)CC(OC(C)C(=O)OC1CCCCC1CC)(C3)C2. The first-order valence-electron chi connectivity index (χ1n) is 11.6. The summed E-state index contributed by atoms with van der Waals surface area (Å²) in [6.45, 7) is 7.55. The zero-order chi connectivity index (χ0) is 20.6. The zero-order valence-electron chi connectivity index (χ0n) is 18.0.